The van der Waals surface area contributed by atoms with E-state index in [0.29, 0.717) is 0 Å². The lowest BCUT2D eigenvalue weighted by molar-refractivity contribution is -0.354. The van der Waals surface area contributed by atoms with E-state index in [2.05, 4.69) is 0 Å². The number of phenolic OH excluding ortho intramolecular Hbond substituents is 2. The van der Waals surface area contributed by atoms with Crippen LogP contribution in [0.25, 0.3) is 0 Å². The van der Waals surface area contributed by atoms with Gasteiger partial charge in [-0.3, -0.25) is 9.59 Å². The molecule has 0 saturated carbocycles. The van der Waals surface area contributed by atoms with Gasteiger partial charge in [-0.2, -0.15) is 0 Å². The molecule has 2 aromatic rings. The van der Waals surface area contributed by atoms with E-state index in [-0.39, 0.29) is 39.3 Å². The van der Waals surface area contributed by atoms with Crippen molar-refractivity contribution < 1.29 is 69.4 Å². The van der Waals surface area contributed by atoms with Crippen LogP contribution in [0, 0.1) is 6.92 Å². The summed E-state index contributed by atoms with van der Waals surface area (Å²) in [5, 5.41) is 82.3. The Labute approximate surface area is 232 Å². The molecular weight excluding hydrogens is 548 g/mol. The number of hydrogen-bond acceptors (Lipinski definition) is 14. The van der Waals surface area contributed by atoms with Crippen LogP contribution in [0.3, 0.4) is 0 Å². The highest BCUT2D eigenvalue weighted by Gasteiger charge is 2.51. The van der Waals surface area contributed by atoms with Crippen molar-refractivity contribution in [2.45, 2.75) is 75.3 Å². The van der Waals surface area contributed by atoms with E-state index in [0.717, 1.165) is 12.1 Å². The zero-order chi connectivity index (χ0) is 29.9. The summed E-state index contributed by atoms with van der Waals surface area (Å²) >= 11 is 0. The minimum absolute atomic E-state index is 0.00300. The van der Waals surface area contributed by atoms with Crippen LogP contribution in [-0.2, 0) is 14.2 Å². The van der Waals surface area contributed by atoms with Crippen LogP contribution in [0.1, 0.15) is 44.3 Å². The molecule has 2 aromatic carbocycles. The smallest absolute Gasteiger partial charge is 0.229 e. The van der Waals surface area contributed by atoms with Crippen LogP contribution in [0.4, 0.5) is 0 Å². The Hall–Kier alpha value is -3.18. The summed E-state index contributed by atoms with van der Waals surface area (Å²) in [5.74, 6) is -2.36. The molecule has 0 spiro atoms. The number of aromatic hydroxyl groups is 2. The van der Waals surface area contributed by atoms with Gasteiger partial charge in [-0.1, -0.05) is 0 Å². The molecular formula is C27H30O14. The normalized spacial score (nSPS) is 35.1. The maximum Gasteiger partial charge on any atom is 0.229 e. The van der Waals surface area contributed by atoms with Gasteiger partial charge in [-0.05, 0) is 38.1 Å². The SMILES string of the molecule is Cc1c(OC2OC(CO)C(O)C(O)C2OC2OC(C)C(O)C(O)C2O)cc2c(c1O)C(=O)c1ccc(O)cc1C2=O. The lowest BCUT2D eigenvalue weighted by Gasteiger charge is -2.45. The standard InChI is InChI=1S/C27H30O14/c1-8-14(6-13-16(17(8)30)20(33)11-4-3-10(29)5-12(11)19(13)32)39-27-25(23(36)21(34)15(7-28)40-27)41-26-24(37)22(35)18(31)9(2)38-26/h3-6,9,15,18,21-31,34-37H,7H2,1-2H3. The van der Waals surface area contributed by atoms with E-state index in [1.165, 1.54) is 26.0 Å². The topological polar surface area (TPSA) is 233 Å². The molecule has 10 atom stereocenters. The van der Waals surface area contributed by atoms with Crippen LogP contribution >= 0.6 is 0 Å². The fourth-order valence-corrected chi connectivity index (χ4v) is 5.17. The second-order valence-corrected chi connectivity index (χ2v) is 10.3. The predicted molar refractivity (Wildman–Crippen MR) is 133 cm³/mol. The zero-order valence-corrected chi connectivity index (χ0v) is 21.8. The molecule has 14 heteroatoms. The number of fused-ring (bicyclic) bond motifs is 2. The second-order valence-electron chi connectivity index (χ2n) is 10.3. The Morgan fingerprint density at radius 3 is 2.20 bits per heavy atom. The molecule has 3 aliphatic rings. The number of ether oxygens (including phenoxy) is 4. The molecule has 2 saturated heterocycles. The minimum Gasteiger partial charge on any atom is -0.508 e. The summed E-state index contributed by atoms with van der Waals surface area (Å²) in [6.45, 7) is 2.04. The van der Waals surface area contributed by atoms with Crippen LogP contribution in [-0.4, -0.2) is 120 Å². The Morgan fingerprint density at radius 2 is 1.51 bits per heavy atom. The van der Waals surface area contributed by atoms with Gasteiger partial charge in [-0.15, -0.1) is 0 Å². The van der Waals surface area contributed by atoms with E-state index in [1.807, 2.05) is 0 Å². The molecule has 41 heavy (non-hydrogen) atoms. The van der Waals surface area contributed by atoms with Gasteiger partial charge >= 0.3 is 0 Å². The Balaban J connectivity index is 1.50. The molecule has 222 valence electrons. The van der Waals surface area contributed by atoms with Crippen molar-refractivity contribution in [3.63, 3.8) is 0 Å². The van der Waals surface area contributed by atoms with Crippen LogP contribution < -0.4 is 4.74 Å². The predicted octanol–water partition coefficient (Wildman–Crippen LogP) is -1.79. The molecule has 1 aliphatic carbocycles. The van der Waals surface area contributed by atoms with Gasteiger partial charge in [0.2, 0.25) is 6.29 Å². The van der Waals surface area contributed by atoms with Crippen molar-refractivity contribution in [1.82, 2.24) is 0 Å². The maximum atomic E-state index is 13.3. The molecule has 0 radical (unpaired) electrons. The van der Waals surface area contributed by atoms with Crippen molar-refractivity contribution in [3.8, 4) is 17.2 Å². The number of rotatable bonds is 5. The van der Waals surface area contributed by atoms with Gasteiger partial charge in [0.05, 0.1) is 18.3 Å². The molecule has 10 unspecified atom stereocenters. The van der Waals surface area contributed by atoms with Crippen LogP contribution in [0.15, 0.2) is 24.3 Å². The fourth-order valence-electron chi connectivity index (χ4n) is 5.17. The highest BCUT2D eigenvalue weighted by atomic mass is 16.8. The zero-order valence-electron chi connectivity index (χ0n) is 21.8. The summed E-state index contributed by atoms with van der Waals surface area (Å²) in [5.41, 5.74) is -0.626. The van der Waals surface area contributed by atoms with Crippen LogP contribution in [0.5, 0.6) is 17.2 Å². The lowest BCUT2D eigenvalue weighted by Crippen LogP contribution is -2.64. The molecule has 0 bridgehead atoms. The monoisotopic (exact) mass is 578 g/mol. The molecule has 0 amide bonds. The van der Waals surface area contributed by atoms with Gasteiger partial charge in [0.25, 0.3) is 0 Å². The van der Waals surface area contributed by atoms with Gasteiger partial charge in [-0.25, -0.2) is 0 Å². The fraction of sp³-hybridized carbons (Fsp3) is 0.481. The molecule has 2 fully saturated rings. The van der Waals surface area contributed by atoms with E-state index < -0.39 is 85.3 Å². The molecule has 14 nitrogen and oxygen atoms in total. The Kier molecular flexibility index (Phi) is 7.80. The quantitative estimate of drug-likeness (QED) is 0.167. The average Bonchev–Trinajstić information content (AvgIpc) is 2.94. The largest absolute Gasteiger partial charge is 0.508 e. The number of hydrogen-bond donors (Lipinski definition) is 8. The first-order chi connectivity index (χ1) is 19.3. The maximum absolute atomic E-state index is 13.3. The third kappa shape index (κ3) is 4.86. The van der Waals surface area contributed by atoms with Gasteiger partial charge in [0.1, 0.15) is 53.9 Å². The molecule has 2 heterocycles. The van der Waals surface area contributed by atoms with Gasteiger partial charge < -0.3 is 59.8 Å². The number of phenols is 2. The number of benzene rings is 2. The highest BCUT2D eigenvalue weighted by Crippen LogP contribution is 2.41. The molecule has 5 rings (SSSR count). The third-order valence-corrected chi connectivity index (χ3v) is 7.64. The Bertz CT molecular complexity index is 1360. The first-order valence-electron chi connectivity index (χ1n) is 12.8. The number of carbonyl (C=O) groups is 2. The van der Waals surface area contributed by atoms with Gasteiger partial charge in [0.15, 0.2) is 24.0 Å². The van der Waals surface area contributed by atoms with Crippen molar-refractivity contribution in [2.75, 3.05) is 6.61 Å². The van der Waals surface area contributed by atoms with E-state index >= 15 is 0 Å². The third-order valence-electron chi connectivity index (χ3n) is 7.64. The Morgan fingerprint density at radius 1 is 0.805 bits per heavy atom. The molecule has 8 N–H and O–H groups in total. The first kappa shape index (κ1) is 29.3. The molecule has 2 aliphatic heterocycles. The summed E-state index contributed by atoms with van der Waals surface area (Å²) in [6, 6.07) is 4.79. The van der Waals surface area contributed by atoms with Gasteiger partial charge in [0, 0.05) is 22.3 Å². The van der Waals surface area contributed by atoms with Crippen LogP contribution in [0.2, 0.25) is 0 Å². The average molecular weight is 579 g/mol. The van der Waals surface area contributed by atoms with E-state index in [9.17, 15) is 50.4 Å². The summed E-state index contributed by atoms with van der Waals surface area (Å²) in [7, 11) is 0. The summed E-state index contributed by atoms with van der Waals surface area (Å²) < 4.78 is 22.6. The molecule has 0 aromatic heterocycles. The number of aliphatic hydroxyl groups is 6. The first-order valence-corrected chi connectivity index (χ1v) is 12.8. The second kappa shape index (κ2) is 10.9. The number of aliphatic hydroxyl groups excluding tert-OH is 6. The highest BCUT2D eigenvalue weighted by molar-refractivity contribution is 6.29. The lowest BCUT2D eigenvalue weighted by atomic mass is 9.82. The number of ketones is 2. The summed E-state index contributed by atoms with van der Waals surface area (Å²) in [4.78, 5) is 26.4. The minimum atomic E-state index is -1.80. The van der Waals surface area contributed by atoms with E-state index in [4.69, 9.17) is 18.9 Å². The van der Waals surface area contributed by atoms with E-state index in [1.54, 1.807) is 0 Å². The van der Waals surface area contributed by atoms with Crippen molar-refractivity contribution in [1.29, 1.82) is 0 Å². The van der Waals surface area contributed by atoms with Crippen molar-refractivity contribution >= 4 is 11.6 Å². The van der Waals surface area contributed by atoms with Crippen molar-refractivity contribution in [3.05, 3.63) is 52.1 Å². The van der Waals surface area contributed by atoms with Crippen molar-refractivity contribution in [2.24, 2.45) is 0 Å². The number of carbonyl (C=O) groups excluding carboxylic acids is 2. The summed E-state index contributed by atoms with van der Waals surface area (Å²) in [6.07, 6.45) is -15.7.